The van der Waals surface area contributed by atoms with Gasteiger partial charge in [0.1, 0.15) is 0 Å². The van der Waals surface area contributed by atoms with E-state index in [0.29, 0.717) is 6.61 Å². The Morgan fingerprint density at radius 1 is 1.08 bits per heavy atom. The Labute approximate surface area is 76.2 Å². The summed E-state index contributed by atoms with van der Waals surface area (Å²) in [5.74, 6) is 0. The summed E-state index contributed by atoms with van der Waals surface area (Å²) in [6, 6.07) is 0. The summed E-state index contributed by atoms with van der Waals surface area (Å²) in [5.41, 5.74) is 0.480. The van der Waals surface area contributed by atoms with Gasteiger partial charge in [0, 0.05) is 6.61 Å². The number of rotatable bonds is 1. The molecule has 0 amide bonds. The third-order valence-corrected chi connectivity index (χ3v) is 3.70. The molecule has 1 rings (SSSR count). The molecular formula is C11H22O. The molecule has 0 atom stereocenters. The van der Waals surface area contributed by atoms with Crippen molar-refractivity contribution in [3.8, 4) is 0 Å². The molecule has 0 radical (unpaired) electrons. The Bertz CT molecular complexity index is 138. The van der Waals surface area contributed by atoms with Gasteiger partial charge in [-0.25, -0.2) is 0 Å². The van der Waals surface area contributed by atoms with E-state index in [1.807, 2.05) is 0 Å². The molecule has 1 nitrogen and oxygen atoms in total. The van der Waals surface area contributed by atoms with Crippen molar-refractivity contribution in [2.75, 3.05) is 6.61 Å². The summed E-state index contributed by atoms with van der Waals surface area (Å²) < 4.78 is 0. The second kappa shape index (κ2) is 3.37. The SMILES string of the molecule is CC(C)(C)C1(CO)CCCCC1. The molecule has 1 N–H and O–H groups in total. The van der Waals surface area contributed by atoms with Crippen LogP contribution in [0.25, 0.3) is 0 Å². The molecule has 1 heteroatoms. The predicted molar refractivity (Wildman–Crippen MR) is 52.1 cm³/mol. The van der Waals surface area contributed by atoms with Gasteiger partial charge >= 0.3 is 0 Å². The molecule has 0 bridgehead atoms. The lowest BCUT2D eigenvalue weighted by atomic mass is 9.60. The molecule has 1 aliphatic rings. The highest BCUT2D eigenvalue weighted by Gasteiger charge is 2.41. The Balaban J connectivity index is 2.73. The highest BCUT2D eigenvalue weighted by Crippen LogP contribution is 2.48. The molecule has 1 saturated carbocycles. The summed E-state index contributed by atoms with van der Waals surface area (Å²) in [6.45, 7) is 7.15. The lowest BCUT2D eigenvalue weighted by Gasteiger charge is -2.46. The molecule has 12 heavy (non-hydrogen) atoms. The van der Waals surface area contributed by atoms with Crippen LogP contribution in [0.15, 0.2) is 0 Å². The van der Waals surface area contributed by atoms with Crippen LogP contribution in [0.3, 0.4) is 0 Å². The van der Waals surface area contributed by atoms with E-state index in [4.69, 9.17) is 0 Å². The van der Waals surface area contributed by atoms with E-state index in [-0.39, 0.29) is 10.8 Å². The molecule has 0 aromatic rings. The van der Waals surface area contributed by atoms with Crippen molar-refractivity contribution >= 4 is 0 Å². The second-order valence-electron chi connectivity index (χ2n) is 5.25. The highest BCUT2D eigenvalue weighted by atomic mass is 16.3. The molecule has 1 aliphatic carbocycles. The van der Waals surface area contributed by atoms with Crippen molar-refractivity contribution in [3.05, 3.63) is 0 Å². The van der Waals surface area contributed by atoms with Crippen molar-refractivity contribution in [2.45, 2.75) is 52.9 Å². The maximum Gasteiger partial charge on any atom is 0.0492 e. The van der Waals surface area contributed by atoms with Crippen molar-refractivity contribution in [2.24, 2.45) is 10.8 Å². The summed E-state index contributed by atoms with van der Waals surface area (Å²) in [4.78, 5) is 0. The van der Waals surface area contributed by atoms with Crippen LogP contribution in [0.5, 0.6) is 0 Å². The second-order valence-corrected chi connectivity index (χ2v) is 5.25. The van der Waals surface area contributed by atoms with Crippen LogP contribution >= 0.6 is 0 Å². The third-order valence-electron chi connectivity index (χ3n) is 3.70. The van der Waals surface area contributed by atoms with Gasteiger partial charge in [-0.05, 0) is 23.7 Å². The largest absolute Gasteiger partial charge is 0.396 e. The lowest BCUT2D eigenvalue weighted by molar-refractivity contribution is -0.0176. The van der Waals surface area contributed by atoms with Crippen molar-refractivity contribution < 1.29 is 5.11 Å². The van der Waals surface area contributed by atoms with Crippen molar-refractivity contribution in [1.29, 1.82) is 0 Å². The van der Waals surface area contributed by atoms with Gasteiger partial charge in [0.05, 0.1) is 0 Å². The molecule has 0 aromatic heterocycles. The maximum absolute atomic E-state index is 9.48. The van der Waals surface area contributed by atoms with Crippen molar-refractivity contribution in [1.82, 2.24) is 0 Å². The van der Waals surface area contributed by atoms with E-state index in [1.165, 1.54) is 32.1 Å². The minimum atomic E-state index is 0.214. The van der Waals surface area contributed by atoms with Crippen LogP contribution in [0, 0.1) is 10.8 Å². The molecule has 0 aromatic carbocycles. The monoisotopic (exact) mass is 170 g/mol. The third kappa shape index (κ3) is 1.66. The van der Waals surface area contributed by atoms with E-state index in [1.54, 1.807) is 0 Å². The first kappa shape index (κ1) is 10.0. The van der Waals surface area contributed by atoms with Gasteiger partial charge in [0.2, 0.25) is 0 Å². The van der Waals surface area contributed by atoms with E-state index in [0.717, 1.165) is 0 Å². The number of hydrogen-bond acceptors (Lipinski definition) is 1. The zero-order valence-electron chi connectivity index (χ0n) is 8.69. The summed E-state index contributed by atoms with van der Waals surface area (Å²) in [6.07, 6.45) is 6.40. The first-order chi connectivity index (χ1) is 5.52. The first-order valence-corrected chi connectivity index (χ1v) is 5.13. The van der Waals surface area contributed by atoms with Gasteiger partial charge in [0.25, 0.3) is 0 Å². The summed E-state index contributed by atoms with van der Waals surface area (Å²) in [7, 11) is 0. The minimum Gasteiger partial charge on any atom is -0.396 e. The lowest BCUT2D eigenvalue weighted by Crippen LogP contribution is -2.40. The van der Waals surface area contributed by atoms with Gasteiger partial charge in [-0.15, -0.1) is 0 Å². The molecule has 72 valence electrons. The average Bonchev–Trinajstić information content (AvgIpc) is 2.04. The van der Waals surface area contributed by atoms with Crippen LogP contribution in [0.4, 0.5) is 0 Å². The van der Waals surface area contributed by atoms with Crippen LogP contribution in [-0.4, -0.2) is 11.7 Å². The molecule has 0 spiro atoms. The van der Waals surface area contributed by atoms with E-state index < -0.39 is 0 Å². The molecular weight excluding hydrogens is 148 g/mol. The number of aliphatic hydroxyl groups excluding tert-OH is 1. The van der Waals surface area contributed by atoms with Crippen LogP contribution in [0.1, 0.15) is 52.9 Å². The quantitative estimate of drug-likeness (QED) is 0.641. The fourth-order valence-electron chi connectivity index (χ4n) is 2.37. The smallest absolute Gasteiger partial charge is 0.0492 e. The first-order valence-electron chi connectivity index (χ1n) is 5.13. The van der Waals surface area contributed by atoms with Crippen LogP contribution in [0.2, 0.25) is 0 Å². The average molecular weight is 170 g/mol. The molecule has 0 saturated heterocycles. The minimum absolute atomic E-state index is 0.214. The Morgan fingerprint density at radius 2 is 1.58 bits per heavy atom. The maximum atomic E-state index is 9.48. The van der Waals surface area contributed by atoms with Crippen molar-refractivity contribution in [3.63, 3.8) is 0 Å². The van der Waals surface area contributed by atoms with E-state index >= 15 is 0 Å². The summed E-state index contributed by atoms with van der Waals surface area (Å²) >= 11 is 0. The highest BCUT2D eigenvalue weighted by molar-refractivity contribution is 4.91. The van der Waals surface area contributed by atoms with Gasteiger partial charge < -0.3 is 5.11 Å². The molecule has 0 aliphatic heterocycles. The Morgan fingerprint density at radius 3 is 1.83 bits per heavy atom. The van der Waals surface area contributed by atoms with Gasteiger partial charge in [0.15, 0.2) is 0 Å². The van der Waals surface area contributed by atoms with E-state index in [9.17, 15) is 5.11 Å². The fraction of sp³-hybridized carbons (Fsp3) is 1.00. The summed E-state index contributed by atoms with van der Waals surface area (Å²) in [5, 5.41) is 9.48. The topological polar surface area (TPSA) is 20.2 Å². The van der Waals surface area contributed by atoms with Gasteiger partial charge in [-0.3, -0.25) is 0 Å². The zero-order valence-corrected chi connectivity index (χ0v) is 8.69. The molecule has 0 unspecified atom stereocenters. The Hall–Kier alpha value is -0.0400. The van der Waals surface area contributed by atoms with Crippen LogP contribution in [-0.2, 0) is 0 Å². The molecule has 1 fully saturated rings. The fourth-order valence-corrected chi connectivity index (χ4v) is 2.37. The van der Waals surface area contributed by atoms with Crippen LogP contribution < -0.4 is 0 Å². The van der Waals surface area contributed by atoms with Gasteiger partial charge in [-0.2, -0.15) is 0 Å². The Kier molecular flexibility index (Phi) is 2.82. The number of hydrogen-bond donors (Lipinski definition) is 1. The predicted octanol–water partition coefficient (Wildman–Crippen LogP) is 2.98. The zero-order chi connectivity index (χ0) is 9.24. The van der Waals surface area contributed by atoms with E-state index in [2.05, 4.69) is 20.8 Å². The molecule has 0 heterocycles. The number of aliphatic hydroxyl groups is 1. The van der Waals surface area contributed by atoms with Gasteiger partial charge in [-0.1, -0.05) is 40.0 Å². The standard InChI is InChI=1S/C11H22O/c1-10(2,3)11(9-12)7-5-4-6-8-11/h12H,4-9H2,1-3H3. The normalized spacial score (nSPS) is 24.0.